The first-order chi connectivity index (χ1) is 12.1. The molecule has 4 rings (SSSR count). The Hall–Kier alpha value is -2.82. The van der Waals surface area contributed by atoms with Gasteiger partial charge in [-0.1, -0.05) is 30.4 Å². The molecule has 5 heteroatoms. The van der Waals surface area contributed by atoms with Gasteiger partial charge in [0.2, 0.25) is 0 Å². The molecule has 0 amide bonds. The van der Waals surface area contributed by atoms with Crippen molar-refractivity contribution in [1.82, 2.24) is 0 Å². The second-order valence-corrected chi connectivity index (χ2v) is 6.70. The molecule has 0 saturated heterocycles. The Labute approximate surface area is 146 Å². The van der Waals surface area contributed by atoms with Crippen molar-refractivity contribution >= 4 is 11.4 Å². The highest BCUT2D eigenvalue weighted by molar-refractivity contribution is 5.70. The third kappa shape index (κ3) is 2.47. The lowest BCUT2D eigenvalue weighted by Crippen LogP contribution is -2.30. The number of nitro benzene ring substituents is 1. The second-order valence-electron chi connectivity index (χ2n) is 6.70. The lowest BCUT2D eigenvalue weighted by atomic mass is 9.75. The Morgan fingerprint density at radius 1 is 1.28 bits per heavy atom. The molecule has 0 bridgehead atoms. The zero-order valence-electron chi connectivity index (χ0n) is 14.2. The zero-order chi connectivity index (χ0) is 17.6. The molecular formula is C20H20N2O3. The Morgan fingerprint density at radius 3 is 2.88 bits per heavy atom. The molecule has 3 unspecified atom stereocenters. The first kappa shape index (κ1) is 15.7. The number of fused-ring (bicyclic) bond motifs is 3. The minimum atomic E-state index is -0.338. The smallest absolute Gasteiger partial charge is 0.269 e. The van der Waals surface area contributed by atoms with Crippen LogP contribution in [0.4, 0.5) is 11.4 Å². The maximum Gasteiger partial charge on any atom is 0.269 e. The molecule has 25 heavy (non-hydrogen) atoms. The van der Waals surface area contributed by atoms with E-state index in [1.54, 1.807) is 19.2 Å². The number of anilines is 1. The first-order valence-electron chi connectivity index (χ1n) is 8.45. The molecule has 1 aliphatic heterocycles. The number of benzene rings is 2. The Kier molecular flexibility index (Phi) is 3.71. The zero-order valence-corrected chi connectivity index (χ0v) is 14.2. The average molecular weight is 336 g/mol. The molecule has 0 saturated carbocycles. The van der Waals surface area contributed by atoms with E-state index in [1.807, 2.05) is 12.1 Å². The number of nitro groups is 1. The maximum atomic E-state index is 11.2. The Morgan fingerprint density at radius 2 is 2.12 bits per heavy atom. The van der Waals surface area contributed by atoms with Crippen LogP contribution in [0.3, 0.4) is 0 Å². The second kappa shape index (κ2) is 5.92. The van der Waals surface area contributed by atoms with Gasteiger partial charge in [0.15, 0.2) is 0 Å². The summed E-state index contributed by atoms with van der Waals surface area (Å²) in [6.07, 6.45) is 5.44. The molecule has 0 spiro atoms. The summed E-state index contributed by atoms with van der Waals surface area (Å²) in [5.41, 5.74) is 4.60. The van der Waals surface area contributed by atoms with Gasteiger partial charge in [-0.05, 0) is 42.0 Å². The fourth-order valence-corrected chi connectivity index (χ4v) is 4.20. The van der Waals surface area contributed by atoms with E-state index >= 15 is 0 Å². The van der Waals surface area contributed by atoms with Gasteiger partial charge < -0.3 is 10.1 Å². The van der Waals surface area contributed by atoms with E-state index in [0.717, 1.165) is 23.4 Å². The normalized spacial score (nSPS) is 23.5. The topological polar surface area (TPSA) is 64.4 Å². The van der Waals surface area contributed by atoms with Crippen molar-refractivity contribution in [2.45, 2.75) is 25.3 Å². The number of rotatable bonds is 3. The van der Waals surface area contributed by atoms with Crippen LogP contribution in [-0.4, -0.2) is 12.0 Å². The van der Waals surface area contributed by atoms with Gasteiger partial charge in [0.1, 0.15) is 5.75 Å². The summed E-state index contributed by atoms with van der Waals surface area (Å²) in [7, 11) is 1.67. The van der Waals surface area contributed by atoms with E-state index in [-0.39, 0.29) is 16.7 Å². The summed E-state index contributed by atoms with van der Waals surface area (Å²) in [4.78, 5) is 10.8. The standard InChI is InChI=1S/C20H20N2O3/c1-12-9-10-17(25-2)20-18(12)15-7-4-8-16(15)19(21-20)13-5-3-6-14(11-13)22(23)24/h3-7,9-11,15-16,19,21H,8H2,1-2H3. The van der Waals surface area contributed by atoms with Gasteiger partial charge in [-0.25, -0.2) is 0 Å². The molecule has 3 atom stereocenters. The van der Waals surface area contributed by atoms with Crippen LogP contribution in [0.15, 0.2) is 48.6 Å². The molecule has 0 aromatic heterocycles. The summed E-state index contributed by atoms with van der Waals surface area (Å²) in [5.74, 6) is 1.46. The molecule has 1 aliphatic carbocycles. The van der Waals surface area contributed by atoms with Gasteiger partial charge >= 0.3 is 0 Å². The number of aryl methyl sites for hydroxylation is 1. The van der Waals surface area contributed by atoms with Crippen molar-refractivity contribution in [3.63, 3.8) is 0 Å². The minimum Gasteiger partial charge on any atom is -0.495 e. The van der Waals surface area contributed by atoms with Crippen molar-refractivity contribution in [3.05, 3.63) is 75.4 Å². The number of hydrogen-bond donors (Lipinski definition) is 1. The van der Waals surface area contributed by atoms with Crippen LogP contribution in [-0.2, 0) is 0 Å². The summed E-state index contributed by atoms with van der Waals surface area (Å²) < 4.78 is 5.57. The van der Waals surface area contributed by atoms with E-state index in [0.29, 0.717) is 11.8 Å². The predicted octanol–water partition coefficient (Wildman–Crippen LogP) is 4.74. The molecule has 5 nitrogen and oxygen atoms in total. The fraction of sp³-hybridized carbons (Fsp3) is 0.300. The van der Waals surface area contributed by atoms with Crippen LogP contribution < -0.4 is 10.1 Å². The number of nitrogens with one attached hydrogen (secondary N) is 1. The third-order valence-electron chi connectivity index (χ3n) is 5.36. The lowest BCUT2D eigenvalue weighted by Gasteiger charge is -2.39. The van der Waals surface area contributed by atoms with Gasteiger partial charge in [0, 0.05) is 18.1 Å². The highest BCUT2D eigenvalue weighted by Gasteiger charge is 2.40. The van der Waals surface area contributed by atoms with E-state index in [1.165, 1.54) is 17.2 Å². The van der Waals surface area contributed by atoms with Gasteiger partial charge in [-0.2, -0.15) is 0 Å². The predicted molar refractivity (Wildman–Crippen MR) is 97.2 cm³/mol. The molecule has 0 fully saturated rings. The number of hydrogen-bond acceptors (Lipinski definition) is 4. The number of ether oxygens (including phenoxy) is 1. The number of methoxy groups -OCH3 is 1. The van der Waals surface area contributed by atoms with Crippen molar-refractivity contribution in [3.8, 4) is 5.75 Å². The Balaban J connectivity index is 1.84. The fourth-order valence-electron chi connectivity index (χ4n) is 4.20. The van der Waals surface area contributed by atoms with Crippen LogP contribution in [0.1, 0.15) is 35.1 Å². The molecule has 0 radical (unpaired) electrons. The number of non-ortho nitro benzene ring substituents is 1. The molecular weight excluding hydrogens is 316 g/mol. The monoisotopic (exact) mass is 336 g/mol. The SMILES string of the molecule is COc1ccc(C)c2c1NC(c1cccc([N+](=O)[O-])c1)C1CC=CC21. The summed E-state index contributed by atoms with van der Waals surface area (Å²) in [6, 6.07) is 11.0. The van der Waals surface area contributed by atoms with Gasteiger partial charge in [0.25, 0.3) is 5.69 Å². The molecule has 128 valence electrons. The Bertz CT molecular complexity index is 875. The van der Waals surface area contributed by atoms with Crippen molar-refractivity contribution in [1.29, 1.82) is 0 Å². The highest BCUT2D eigenvalue weighted by atomic mass is 16.6. The van der Waals surface area contributed by atoms with E-state index < -0.39 is 0 Å². The minimum absolute atomic E-state index is 0.0168. The number of nitrogens with zero attached hydrogens (tertiary/aromatic N) is 1. The maximum absolute atomic E-state index is 11.2. The van der Waals surface area contributed by atoms with Crippen LogP contribution in [0.5, 0.6) is 5.75 Å². The van der Waals surface area contributed by atoms with Crippen LogP contribution >= 0.6 is 0 Å². The lowest BCUT2D eigenvalue weighted by molar-refractivity contribution is -0.384. The van der Waals surface area contributed by atoms with Crippen molar-refractivity contribution < 1.29 is 9.66 Å². The van der Waals surface area contributed by atoms with Crippen LogP contribution in [0.25, 0.3) is 0 Å². The largest absolute Gasteiger partial charge is 0.495 e. The van der Waals surface area contributed by atoms with Gasteiger partial charge in [0.05, 0.1) is 23.8 Å². The molecule has 2 aromatic carbocycles. The van der Waals surface area contributed by atoms with Crippen LogP contribution in [0, 0.1) is 23.0 Å². The summed E-state index contributed by atoms with van der Waals surface area (Å²) in [5, 5.41) is 14.8. The quantitative estimate of drug-likeness (QED) is 0.499. The number of allylic oxidation sites excluding steroid dienone is 2. The average Bonchev–Trinajstić information content (AvgIpc) is 3.11. The third-order valence-corrected chi connectivity index (χ3v) is 5.36. The van der Waals surface area contributed by atoms with Gasteiger partial charge in [-0.15, -0.1) is 0 Å². The molecule has 1 heterocycles. The van der Waals surface area contributed by atoms with Crippen LogP contribution in [0.2, 0.25) is 0 Å². The summed E-state index contributed by atoms with van der Waals surface area (Å²) >= 11 is 0. The van der Waals surface area contributed by atoms with E-state index in [4.69, 9.17) is 4.74 Å². The molecule has 2 aliphatic rings. The van der Waals surface area contributed by atoms with Crippen molar-refractivity contribution in [2.75, 3.05) is 12.4 Å². The van der Waals surface area contributed by atoms with Gasteiger partial charge in [-0.3, -0.25) is 10.1 Å². The van der Waals surface area contributed by atoms with E-state index in [9.17, 15) is 10.1 Å². The molecule has 2 aromatic rings. The summed E-state index contributed by atoms with van der Waals surface area (Å²) in [6.45, 7) is 2.12. The van der Waals surface area contributed by atoms with E-state index in [2.05, 4.69) is 30.5 Å². The molecule has 1 N–H and O–H groups in total. The van der Waals surface area contributed by atoms with Crippen molar-refractivity contribution in [2.24, 2.45) is 5.92 Å². The first-order valence-corrected chi connectivity index (χ1v) is 8.45. The highest BCUT2D eigenvalue weighted by Crippen LogP contribution is 2.53.